The number of hydrogen-bond acceptors (Lipinski definition) is 4. The number of rotatable bonds is 2. The van der Waals surface area contributed by atoms with Crippen molar-refractivity contribution in [3.63, 3.8) is 0 Å². The number of halogens is 1. The van der Waals surface area contributed by atoms with Crippen LogP contribution in [-0.4, -0.2) is 9.55 Å². The van der Waals surface area contributed by atoms with E-state index in [0.29, 0.717) is 11.0 Å². The molecule has 0 saturated carbocycles. The third-order valence-corrected chi connectivity index (χ3v) is 3.09. The first-order chi connectivity index (χ1) is 7.70. The lowest BCUT2D eigenvalue weighted by Gasteiger charge is -2.02. The molecule has 0 aliphatic heterocycles. The van der Waals surface area contributed by atoms with Crippen molar-refractivity contribution in [3.05, 3.63) is 49.8 Å². The maximum Gasteiger partial charge on any atom is 0.268 e. The standard InChI is InChI=1S/C10H6ClN3OS/c11-10-13-5-8(16-10)6-14-3-1-2-7(4-12)9(14)15/h1-3,5H,6H2. The van der Waals surface area contributed by atoms with E-state index in [1.165, 1.54) is 22.0 Å². The van der Waals surface area contributed by atoms with Crippen molar-refractivity contribution in [1.29, 1.82) is 5.26 Å². The monoisotopic (exact) mass is 251 g/mol. The normalized spacial score (nSPS) is 10.0. The number of hydrogen-bond donors (Lipinski definition) is 0. The predicted molar refractivity (Wildman–Crippen MR) is 61.6 cm³/mol. The summed E-state index contributed by atoms with van der Waals surface area (Å²) in [5, 5.41) is 8.72. The molecule has 0 bridgehead atoms. The molecular formula is C10H6ClN3OS. The number of thiazole rings is 1. The van der Waals surface area contributed by atoms with Gasteiger partial charge in [-0.1, -0.05) is 11.6 Å². The van der Waals surface area contributed by atoms with Gasteiger partial charge in [0.2, 0.25) is 0 Å². The molecule has 0 unspecified atom stereocenters. The second-order valence-corrected chi connectivity index (χ2v) is 4.74. The van der Waals surface area contributed by atoms with E-state index in [9.17, 15) is 4.79 Å². The van der Waals surface area contributed by atoms with Crippen molar-refractivity contribution < 1.29 is 0 Å². The minimum absolute atomic E-state index is 0.137. The molecule has 16 heavy (non-hydrogen) atoms. The highest BCUT2D eigenvalue weighted by molar-refractivity contribution is 7.15. The second-order valence-electron chi connectivity index (χ2n) is 3.05. The van der Waals surface area contributed by atoms with Crippen molar-refractivity contribution in [3.8, 4) is 6.07 Å². The van der Waals surface area contributed by atoms with Gasteiger partial charge in [-0.2, -0.15) is 5.26 Å². The summed E-state index contributed by atoms with van der Waals surface area (Å²) in [5.41, 5.74) is -0.160. The van der Waals surface area contributed by atoms with Gasteiger partial charge < -0.3 is 4.57 Å². The molecule has 0 radical (unpaired) electrons. The Morgan fingerprint density at radius 1 is 1.62 bits per heavy atom. The summed E-state index contributed by atoms with van der Waals surface area (Å²) in [6.07, 6.45) is 3.26. The summed E-state index contributed by atoms with van der Waals surface area (Å²) in [7, 11) is 0. The number of pyridine rings is 1. The second kappa shape index (κ2) is 4.47. The van der Waals surface area contributed by atoms with Crippen LogP contribution in [0.15, 0.2) is 29.3 Å². The van der Waals surface area contributed by atoms with Gasteiger partial charge in [-0.25, -0.2) is 4.98 Å². The highest BCUT2D eigenvalue weighted by atomic mass is 35.5. The van der Waals surface area contributed by atoms with Crippen molar-refractivity contribution in [2.45, 2.75) is 6.54 Å². The average Bonchev–Trinajstić information content (AvgIpc) is 2.67. The molecule has 80 valence electrons. The minimum Gasteiger partial charge on any atom is -0.309 e. The van der Waals surface area contributed by atoms with E-state index in [4.69, 9.17) is 16.9 Å². The average molecular weight is 252 g/mol. The van der Waals surface area contributed by atoms with Crippen LogP contribution in [0, 0.1) is 11.3 Å². The van der Waals surface area contributed by atoms with E-state index in [1.807, 2.05) is 6.07 Å². The predicted octanol–water partition coefficient (Wildman–Crippen LogP) is 1.88. The molecule has 0 saturated heterocycles. The Kier molecular flexibility index (Phi) is 3.04. The molecule has 2 aromatic rings. The van der Waals surface area contributed by atoms with Crippen LogP contribution in [-0.2, 0) is 6.54 Å². The molecule has 2 rings (SSSR count). The van der Waals surface area contributed by atoms with E-state index >= 15 is 0 Å². The van der Waals surface area contributed by atoms with Crippen molar-refractivity contribution >= 4 is 22.9 Å². The molecule has 4 nitrogen and oxygen atoms in total. The summed E-state index contributed by atoms with van der Waals surface area (Å²) < 4.78 is 1.90. The lowest BCUT2D eigenvalue weighted by atomic mass is 10.3. The van der Waals surface area contributed by atoms with Gasteiger partial charge in [-0.15, -0.1) is 11.3 Å². The molecule has 0 aliphatic rings. The molecule has 2 heterocycles. The summed E-state index contributed by atoms with van der Waals surface area (Å²) in [4.78, 5) is 16.5. The summed E-state index contributed by atoms with van der Waals surface area (Å²) in [6.45, 7) is 0.388. The number of nitriles is 1. The number of nitrogens with zero attached hydrogens (tertiary/aromatic N) is 3. The maximum atomic E-state index is 11.7. The summed E-state index contributed by atoms with van der Waals surface area (Å²) in [5.74, 6) is 0. The van der Waals surface area contributed by atoms with Gasteiger partial charge in [-0.05, 0) is 12.1 Å². The van der Waals surface area contributed by atoms with E-state index in [-0.39, 0.29) is 11.1 Å². The Hall–Kier alpha value is -1.64. The largest absolute Gasteiger partial charge is 0.309 e. The fraction of sp³-hybridized carbons (Fsp3) is 0.100. The molecule has 0 aromatic carbocycles. The zero-order valence-electron chi connectivity index (χ0n) is 8.05. The Bertz CT molecular complexity index is 611. The van der Waals surface area contributed by atoms with Crippen LogP contribution >= 0.6 is 22.9 Å². The molecule has 0 aliphatic carbocycles. The smallest absolute Gasteiger partial charge is 0.268 e. The van der Waals surface area contributed by atoms with E-state index in [2.05, 4.69) is 4.98 Å². The van der Waals surface area contributed by atoms with Crippen molar-refractivity contribution in [2.75, 3.05) is 0 Å². The molecule has 2 aromatic heterocycles. The Balaban J connectivity index is 2.36. The Morgan fingerprint density at radius 2 is 2.44 bits per heavy atom. The van der Waals surface area contributed by atoms with Crippen LogP contribution in [0.2, 0.25) is 4.47 Å². The first kappa shape index (κ1) is 10.9. The quantitative estimate of drug-likeness (QED) is 0.819. The third kappa shape index (κ3) is 2.13. The van der Waals surface area contributed by atoms with Crippen LogP contribution in [0.25, 0.3) is 0 Å². The molecule has 0 atom stereocenters. The van der Waals surface area contributed by atoms with Crippen LogP contribution in [0.4, 0.5) is 0 Å². The van der Waals surface area contributed by atoms with Crippen LogP contribution in [0.5, 0.6) is 0 Å². The first-order valence-corrected chi connectivity index (χ1v) is 5.60. The lowest BCUT2D eigenvalue weighted by Crippen LogP contribution is -2.21. The molecule has 0 N–H and O–H groups in total. The van der Waals surface area contributed by atoms with Gasteiger partial charge in [0.1, 0.15) is 11.6 Å². The zero-order chi connectivity index (χ0) is 11.5. The van der Waals surface area contributed by atoms with Crippen LogP contribution < -0.4 is 5.56 Å². The molecule has 0 amide bonds. The van der Waals surface area contributed by atoms with E-state index < -0.39 is 0 Å². The fourth-order valence-electron chi connectivity index (χ4n) is 1.27. The molecule has 0 spiro atoms. The van der Waals surface area contributed by atoms with E-state index in [0.717, 1.165) is 4.88 Å². The maximum absolute atomic E-state index is 11.7. The summed E-state index contributed by atoms with van der Waals surface area (Å²) >= 11 is 7.01. The number of aromatic nitrogens is 2. The SMILES string of the molecule is N#Cc1cccn(Cc2cnc(Cl)s2)c1=O. The molecule has 0 fully saturated rings. The Labute approximate surface area is 100 Å². The fourth-order valence-corrected chi connectivity index (χ4v) is 2.25. The highest BCUT2D eigenvalue weighted by Gasteiger charge is 2.04. The molecule has 6 heteroatoms. The van der Waals surface area contributed by atoms with E-state index in [1.54, 1.807) is 18.5 Å². The lowest BCUT2D eigenvalue weighted by molar-refractivity contribution is 0.765. The zero-order valence-corrected chi connectivity index (χ0v) is 9.63. The van der Waals surface area contributed by atoms with Gasteiger partial charge in [0, 0.05) is 17.3 Å². The van der Waals surface area contributed by atoms with Crippen molar-refractivity contribution in [2.24, 2.45) is 0 Å². The van der Waals surface area contributed by atoms with Gasteiger partial charge in [0.25, 0.3) is 5.56 Å². The van der Waals surface area contributed by atoms with Gasteiger partial charge in [-0.3, -0.25) is 4.79 Å². The third-order valence-electron chi connectivity index (χ3n) is 1.99. The van der Waals surface area contributed by atoms with Crippen LogP contribution in [0.3, 0.4) is 0 Å². The van der Waals surface area contributed by atoms with Gasteiger partial charge in [0.15, 0.2) is 4.47 Å². The van der Waals surface area contributed by atoms with Crippen molar-refractivity contribution in [1.82, 2.24) is 9.55 Å². The Morgan fingerprint density at radius 3 is 3.06 bits per heavy atom. The van der Waals surface area contributed by atoms with Gasteiger partial charge in [0.05, 0.1) is 6.54 Å². The first-order valence-electron chi connectivity index (χ1n) is 4.40. The van der Waals surface area contributed by atoms with Gasteiger partial charge >= 0.3 is 0 Å². The topological polar surface area (TPSA) is 58.7 Å². The van der Waals surface area contributed by atoms with Crippen LogP contribution in [0.1, 0.15) is 10.4 Å². The summed E-state index contributed by atoms with van der Waals surface area (Å²) in [6, 6.07) is 5.02. The minimum atomic E-state index is -0.297. The highest BCUT2D eigenvalue weighted by Crippen LogP contribution is 2.18. The molecular weight excluding hydrogens is 246 g/mol.